The van der Waals surface area contributed by atoms with Crippen molar-refractivity contribution in [1.29, 1.82) is 0 Å². The Bertz CT molecular complexity index is 1240. The van der Waals surface area contributed by atoms with Crippen molar-refractivity contribution in [2.45, 2.75) is 38.5 Å². The molecule has 0 saturated heterocycles. The van der Waals surface area contributed by atoms with Crippen molar-refractivity contribution >= 4 is 27.8 Å². The van der Waals surface area contributed by atoms with Crippen molar-refractivity contribution < 1.29 is 17.9 Å². The first-order chi connectivity index (χ1) is 16.8. The van der Waals surface area contributed by atoms with Crippen molar-refractivity contribution in [3.05, 3.63) is 89.5 Å². The van der Waals surface area contributed by atoms with Crippen LogP contribution in [0.4, 0.5) is 5.69 Å². The molecule has 3 aromatic rings. The van der Waals surface area contributed by atoms with E-state index in [-0.39, 0.29) is 4.90 Å². The van der Waals surface area contributed by atoms with Crippen molar-refractivity contribution in [1.82, 2.24) is 5.43 Å². The quantitative estimate of drug-likeness (QED) is 0.235. The molecule has 0 heterocycles. The van der Waals surface area contributed by atoms with Crippen LogP contribution in [0, 0.1) is 13.8 Å². The van der Waals surface area contributed by atoms with Gasteiger partial charge in [-0.2, -0.15) is 5.10 Å². The summed E-state index contributed by atoms with van der Waals surface area (Å²) in [6, 6.07) is 20.8. The van der Waals surface area contributed by atoms with Crippen LogP contribution in [0.5, 0.6) is 5.75 Å². The van der Waals surface area contributed by atoms with Crippen LogP contribution in [0.25, 0.3) is 0 Å². The molecule has 0 spiro atoms. The number of ether oxygens (including phenoxy) is 1. The van der Waals surface area contributed by atoms with E-state index in [0.717, 1.165) is 39.6 Å². The monoisotopic (exact) mass is 493 g/mol. The number of carbonyl (C=O) groups excluding carboxylic acids is 1. The topological polar surface area (TPSA) is 88.1 Å². The van der Waals surface area contributed by atoms with Crippen LogP contribution >= 0.6 is 0 Å². The molecule has 35 heavy (non-hydrogen) atoms. The Morgan fingerprint density at radius 2 is 1.66 bits per heavy atom. The highest BCUT2D eigenvalue weighted by Crippen LogP contribution is 2.25. The number of benzene rings is 3. The summed E-state index contributed by atoms with van der Waals surface area (Å²) >= 11 is 0. The number of anilines is 1. The molecule has 0 fully saturated rings. The number of amides is 1. The summed E-state index contributed by atoms with van der Waals surface area (Å²) < 4.78 is 33.6. The summed E-state index contributed by atoms with van der Waals surface area (Å²) in [7, 11) is -3.97. The third kappa shape index (κ3) is 7.42. The van der Waals surface area contributed by atoms with Crippen LogP contribution in [0.15, 0.2) is 82.8 Å². The zero-order valence-electron chi connectivity index (χ0n) is 20.3. The summed E-state index contributed by atoms with van der Waals surface area (Å²) in [5, 5.41) is 4.00. The highest BCUT2D eigenvalue weighted by atomic mass is 32.2. The second kappa shape index (κ2) is 12.2. The molecule has 0 aromatic heterocycles. The standard InChI is InChI=1S/C27H31N3O4S/c1-4-5-15-34-25-13-11-23(12-14-25)19-28-29-27(31)20-30(24-17-21(2)16-22(3)18-24)35(32,33)26-9-7-6-8-10-26/h6-14,16-19H,4-5,15,20H2,1-3H3,(H,29,31)/b28-19+. The largest absolute Gasteiger partial charge is 0.494 e. The first-order valence-electron chi connectivity index (χ1n) is 11.5. The number of hydrogen-bond acceptors (Lipinski definition) is 5. The number of aryl methyl sites for hydroxylation is 2. The van der Waals surface area contributed by atoms with Gasteiger partial charge in [0.15, 0.2) is 0 Å². The number of nitrogens with one attached hydrogen (secondary N) is 1. The summed E-state index contributed by atoms with van der Waals surface area (Å²) in [5.41, 5.74) is 5.42. The Labute approximate surface area is 207 Å². The van der Waals surface area contributed by atoms with Crippen molar-refractivity contribution in [2.75, 3.05) is 17.5 Å². The maximum Gasteiger partial charge on any atom is 0.264 e. The third-order valence-corrected chi connectivity index (χ3v) is 6.95. The predicted octanol–water partition coefficient (Wildman–Crippen LogP) is 4.83. The molecule has 3 aromatic carbocycles. The van der Waals surface area contributed by atoms with E-state index in [1.807, 2.05) is 44.2 Å². The van der Waals surface area contributed by atoms with Gasteiger partial charge in [-0.1, -0.05) is 37.6 Å². The molecular weight excluding hydrogens is 462 g/mol. The Morgan fingerprint density at radius 1 is 1.00 bits per heavy atom. The van der Waals surface area contributed by atoms with Gasteiger partial charge in [0, 0.05) is 0 Å². The van der Waals surface area contributed by atoms with Gasteiger partial charge in [0.25, 0.3) is 15.9 Å². The minimum Gasteiger partial charge on any atom is -0.494 e. The predicted molar refractivity (Wildman–Crippen MR) is 139 cm³/mol. The van der Waals surface area contributed by atoms with Crippen LogP contribution in [0.3, 0.4) is 0 Å². The first-order valence-corrected chi connectivity index (χ1v) is 12.9. The molecule has 0 bridgehead atoms. The Morgan fingerprint density at radius 3 is 2.29 bits per heavy atom. The Hall–Kier alpha value is -3.65. The Balaban J connectivity index is 1.73. The number of nitrogens with zero attached hydrogens (tertiary/aromatic N) is 2. The number of hydrogen-bond donors (Lipinski definition) is 1. The van der Waals surface area contributed by atoms with E-state index in [1.54, 1.807) is 30.3 Å². The summed E-state index contributed by atoms with van der Waals surface area (Å²) in [4.78, 5) is 12.8. The highest BCUT2D eigenvalue weighted by Gasteiger charge is 2.27. The Kier molecular flexibility index (Phi) is 9.03. The van der Waals surface area contributed by atoms with Gasteiger partial charge in [-0.25, -0.2) is 13.8 Å². The van der Waals surface area contributed by atoms with E-state index in [4.69, 9.17) is 4.74 Å². The minimum absolute atomic E-state index is 0.108. The number of sulfonamides is 1. The minimum atomic E-state index is -3.97. The molecule has 0 unspecified atom stereocenters. The lowest BCUT2D eigenvalue weighted by Gasteiger charge is -2.24. The van der Waals surface area contributed by atoms with Gasteiger partial charge in [0.2, 0.25) is 0 Å². The average Bonchev–Trinajstić information content (AvgIpc) is 2.83. The molecule has 3 rings (SSSR count). The molecular formula is C27H31N3O4S. The maximum atomic E-state index is 13.4. The van der Waals surface area contributed by atoms with Gasteiger partial charge < -0.3 is 4.74 Å². The molecule has 8 heteroatoms. The lowest BCUT2D eigenvalue weighted by Crippen LogP contribution is -2.39. The molecule has 1 N–H and O–H groups in total. The van der Waals surface area contributed by atoms with Crippen molar-refractivity contribution in [2.24, 2.45) is 5.10 Å². The smallest absolute Gasteiger partial charge is 0.264 e. The summed E-state index contributed by atoms with van der Waals surface area (Å²) in [5.74, 6) is 0.217. The van der Waals surface area contributed by atoms with E-state index in [9.17, 15) is 13.2 Å². The van der Waals surface area contributed by atoms with Gasteiger partial charge in [-0.05, 0) is 85.5 Å². The van der Waals surface area contributed by atoms with Crippen LogP contribution in [-0.2, 0) is 14.8 Å². The fourth-order valence-electron chi connectivity index (χ4n) is 3.46. The van der Waals surface area contributed by atoms with Gasteiger partial charge in [-0.15, -0.1) is 0 Å². The molecule has 0 atom stereocenters. The number of unbranched alkanes of at least 4 members (excludes halogenated alkanes) is 1. The fraction of sp³-hybridized carbons (Fsp3) is 0.259. The lowest BCUT2D eigenvalue weighted by molar-refractivity contribution is -0.119. The van der Waals surface area contributed by atoms with Crippen LogP contribution in [-0.4, -0.2) is 33.7 Å². The summed E-state index contributed by atoms with van der Waals surface area (Å²) in [6.45, 7) is 6.13. The van der Waals surface area contributed by atoms with E-state index in [0.29, 0.717) is 12.3 Å². The maximum absolute atomic E-state index is 13.4. The molecule has 1 amide bonds. The number of carbonyl (C=O) groups is 1. The lowest BCUT2D eigenvalue weighted by atomic mass is 10.1. The van der Waals surface area contributed by atoms with Crippen LogP contribution < -0.4 is 14.5 Å². The second-order valence-electron chi connectivity index (χ2n) is 8.23. The van der Waals surface area contributed by atoms with Gasteiger partial charge in [0.05, 0.1) is 23.4 Å². The second-order valence-corrected chi connectivity index (χ2v) is 10.1. The molecule has 0 saturated carbocycles. The van der Waals surface area contributed by atoms with E-state index in [1.165, 1.54) is 18.3 Å². The van der Waals surface area contributed by atoms with E-state index < -0.39 is 22.5 Å². The zero-order valence-corrected chi connectivity index (χ0v) is 21.1. The highest BCUT2D eigenvalue weighted by molar-refractivity contribution is 7.92. The molecule has 0 aliphatic carbocycles. The normalized spacial score (nSPS) is 11.4. The molecule has 184 valence electrons. The van der Waals surface area contributed by atoms with E-state index >= 15 is 0 Å². The molecule has 0 aliphatic heterocycles. The third-order valence-electron chi connectivity index (χ3n) is 5.16. The van der Waals surface area contributed by atoms with Gasteiger partial charge >= 0.3 is 0 Å². The summed E-state index contributed by atoms with van der Waals surface area (Å²) in [6.07, 6.45) is 3.56. The van der Waals surface area contributed by atoms with Gasteiger partial charge in [-0.3, -0.25) is 9.10 Å². The van der Waals surface area contributed by atoms with Crippen LogP contribution in [0.1, 0.15) is 36.5 Å². The number of hydrazone groups is 1. The SMILES string of the molecule is CCCCOc1ccc(/C=N/NC(=O)CN(c2cc(C)cc(C)c2)S(=O)(=O)c2ccccc2)cc1. The molecule has 0 aliphatic rings. The molecule has 7 nitrogen and oxygen atoms in total. The van der Waals surface area contributed by atoms with Gasteiger partial charge in [0.1, 0.15) is 12.3 Å². The zero-order chi connectivity index (χ0) is 25.3. The first kappa shape index (κ1) is 26.0. The average molecular weight is 494 g/mol. The van der Waals surface area contributed by atoms with E-state index in [2.05, 4.69) is 17.5 Å². The fourth-order valence-corrected chi connectivity index (χ4v) is 4.88. The molecule has 0 radical (unpaired) electrons. The van der Waals surface area contributed by atoms with Crippen LogP contribution in [0.2, 0.25) is 0 Å². The number of rotatable bonds is 11. The van der Waals surface area contributed by atoms with Crippen molar-refractivity contribution in [3.63, 3.8) is 0 Å². The van der Waals surface area contributed by atoms with Crippen molar-refractivity contribution in [3.8, 4) is 5.75 Å².